The highest BCUT2D eigenvalue weighted by molar-refractivity contribution is 6.46. The zero-order valence-corrected chi connectivity index (χ0v) is 19.6. The van der Waals surface area contributed by atoms with Crippen LogP contribution in [0.5, 0.6) is 11.5 Å². The predicted octanol–water partition coefficient (Wildman–Crippen LogP) is 2.04. The molecular formula is C23H30N4O5. The molecule has 0 spiro atoms. The number of aromatic nitrogens is 2. The Hall–Kier alpha value is -3.33. The van der Waals surface area contributed by atoms with Crippen molar-refractivity contribution in [3.8, 4) is 11.5 Å². The minimum Gasteiger partial charge on any atom is -0.507 e. The van der Waals surface area contributed by atoms with Crippen molar-refractivity contribution in [3.63, 3.8) is 0 Å². The van der Waals surface area contributed by atoms with Gasteiger partial charge < -0.3 is 24.4 Å². The second-order valence-corrected chi connectivity index (χ2v) is 8.08. The van der Waals surface area contributed by atoms with Gasteiger partial charge >= 0.3 is 0 Å². The van der Waals surface area contributed by atoms with Crippen molar-refractivity contribution >= 4 is 17.4 Å². The molecule has 2 aromatic rings. The highest BCUT2D eigenvalue weighted by Gasteiger charge is 2.46. The lowest BCUT2D eigenvalue weighted by atomic mass is 9.94. The molecule has 1 aromatic heterocycles. The van der Waals surface area contributed by atoms with Gasteiger partial charge in [0.25, 0.3) is 11.7 Å². The molecule has 9 heteroatoms. The highest BCUT2D eigenvalue weighted by Crippen LogP contribution is 2.42. The molecule has 2 heterocycles. The number of methoxy groups -OCH3 is 2. The summed E-state index contributed by atoms with van der Waals surface area (Å²) in [6.07, 6.45) is 0. The Labute approximate surface area is 187 Å². The van der Waals surface area contributed by atoms with E-state index in [1.54, 1.807) is 36.9 Å². The smallest absolute Gasteiger partial charge is 0.295 e. The zero-order chi connectivity index (χ0) is 23.7. The largest absolute Gasteiger partial charge is 0.507 e. The Balaban J connectivity index is 2.24. The number of aliphatic hydroxyl groups excluding tert-OH is 1. The van der Waals surface area contributed by atoms with E-state index in [2.05, 4.69) is 5.10 Å². The van der Waals surface area contributed by atoms with Crippen molar-refractivity contribution in [2.24, 2.45) is 7.05 Å². The number of carbonyl (C=O) groups excluding carboxylic acids is 2. The van der Waals surface area contributed by atoms with Crippen LogP contribution in [-0.4, -0.2) is 77.8 Å². The minimum absolute atomic E-state index is 0.0418. The standard InChI is InChI=1S/C23H30N4O5/c1-13-18(14(2)26(5)24-13)21(28)19-20(15-8-9-16(31-6)17(12-15)32-7)27(11-10-25(3)4)23(30)22(19)29/h8-9,12,20,28H,10-11H2,1-7H3/t20-/m0/s1. The Morgan fingerprint density at radius 1 is 1.16 bits per heavy atom. The van der Waals surface area contributed by atoms with Crippen LogP contribution in [0.4, 0.5) is 0 Å². The lowest BCUT2D eigenvalue weighted by Crippen LogP contribution is -2.35. The second-order valence-electron chi connectivity index (χ2n) is 8.08. The summed E-state index contributed by atoms with van der Waals surface area (Å²) in [6.45, 7) is 4.44. The first-order valence-electron chi connectivity index (χ1n) is 10.3. The fourth-order valence-electron chi connectivity index (χ4n) is 4.04. The van der Waals surface area contributed by atoms with Crippen molar-refractivity contribution in [2.75, 3.05) is 41.4 Å². The molecule has 1 fully saturated rings. The number of nitrogens with zero attached hydrogens (tertiary/aromatic N) is 4. The number of benzene rings is 1. The maximum atomic E-state index is 13.2. The summed E-state index contributed by atoms with van der Waals surface area (Å²) >= 11 is 0. The van der Waals surface area contributed by atoms with Gasteiger partial charge in [0.05, 0.1) is 37.1 Å². The van der Waals surface area contributed by atoms with E-state index in [-0.39, 0.29) is 11.3 Å². The molecule has 1 aliphatic rings. The lowest BCUT2D eigenvalue weighted by Gasteiger charge is -2.27. The monoisotopic (exact) mass is 442 g/mol. The van der Waals surface area contributed by atoms with Gasteiger partial charge in [0.15, 0.2) is 11.5 Å². The second kappa shape index (κ2) is 9.04. The van der Waals surface area contributed by atoms with E-state index >= 15 is 0 Å². The van der Waals surface area contributed by atoms with E-state index in [9.17, 15) is 14.7 Å². The first kappa shape index (κ1) is 23.3. The number of rotatable bonds is 7. The van der Waals surface area contributed by atoms with Crippen LogP contribution in [0.1, 0.15) is 28.6 Å². The normalized spacial score (nSPS) is 18.0. The lowest BCUT2D eigenvalue weighted by molar-refractivity contribution is -0.140. The minimum atomic E-state index is -0.770. The summed E-state index contributed by atoms with van der Waals surface area (Å²) in [5.74, 6) is -0.591. The molecule has 1 aromatic carbocycles. The van der Waals surface area contributed by atoms with Crippen LogP contribution in [0.15, 0.2) is 23.8 Å². The maximum Gasteiger partial charge on any atom is 0.295 e. The van der Waals surface area contributed by atoms with Gasteiger partial charge in [-0.05, 0) is 45.6 Å². The van der Waals surface area contributed by atoms with E-state index in [4.69, 9.17) is 9.47 Å². The van der Waals surface area contributed by atoms with Gasteiger partial charge in [0, 0.05) is 25.8 Å². The van der Waals surface area contributed by atoms with Gasteiger partial charge in [-0.1, -0.05) is 6.07 Å². The average Bonchev–Trinajstić information content (AvgIpc) is 3.16. The molecule has 1 aliphatic heterocycles. The molecule has 3 rings (SSSR count). The number of aryl methyl sites for hydroxylation is 2. The quantitative estimate of drug-likeness (QED) is 0.398. The number of Topliss-reactive ketones (excluding diaryl/α,β-unsaturated/α-hetero) is 1. The summed E-state index contributed by atoms with van der Waals surface area (Å²) in [7, 11) is 8.61. The fourth-order valence-corrected chi connectivity index (χ4v) is 4.04. The SMILES string of the molecule is COc1ccc([C@H]2C(=C(O)c3c(C)nn(C)c3C)C(=O)C(=O)N2CCN(C)C)cc1OC. The third kappa shape index (κ3) is 3.95. The summed E-state index contributed by atoms with van der Waals surface area (Å²) in [4.78, 5) is 29.6. The number of ketones is 1. The van der Waals surface area contributed by atoms with Gasteiger partial charge in [0.1, 0.15) is 5.76 Å². The summed E-state index contributed by atoms with van der Waals surface area (Å²) in [6, 6.07) is 4.46. The topological polar surface area (TPSA) is 97.1 Å². The molecule has 0 radical (unpaired) electrons. The molecule has 1 amide bonds. The number of hydrogen-bond acceptors (Lipinski definition) is 7. The van der Waals surface area contributed by atoms with Crippen LogP contribution in [-0.2, 0) is 16.6 Å². The molecule has 9 nitrogen and oxygen atoms in total. The summed E-state index contributed by atoms with van der Waals surface area (Å²) in [5, 5.41) is 15.6. The molecule has 1 N–H and O–H groups in total. The first-order chi connectivity index (χ1) is 15.1. The van der Waals surface area contributed by atoms with Crippen LogP contribution in [0.2, 0.25) is 0 Å². The Morgan fingerprint density at radius 2 is 1.81 bits per heavy atom. The van der Waals surface area contributed by atoms with Crippen LogP contribution >= 0.6 is 0 Å². The number of amides is 1. The highest BCUT2D eigenvalue weighted by atomic mass is 16.5. The molecular weight excluding hydrogens is 412 g/mol. The van der Waals surface area contributed by atoms with Crippen LogP contribution in [0, 0.1) is 13.8 Å². The number of hydrogen-bond donors (Lipinski definition) is 1. The van der Waals surface area contributed by atoms with Crippen molar-refractivity contribution in [3.05, 3.63) is 46.3 Å². The maximum absolute atomic E-state index is 13.2. The van der Waals surface area contributed by atoms with E-state index < -0.39 is 17.7 Å². The molecule has 1 atom stereocenters. The van der Waals surface area contributed by atoms with Gasteiger partial charge in [-0.15, -0.1) is 0 Å². The molecule has 0 bridgehead atoms. The zero-order valence-electron chi connectivity index (χ0n) is 19.6. The summed E-state index contributed by atoms with van der Waals surface area (Å²) < 4.78 is 12.4. The van der Waals surface area contributed by atoms with E-state index in [1.165, 1.54) is 19.1 Å². The van der Waals surface area contributed by atoms with Gasteiger partial charge in [-0.25, -0.2) is 0 Å². The molecule has 0 saturated carbocycles. The van der Waals surface area contributed by atoms with Gasteiger partial charge in [-0.2, -0.15) is 5.10 Å². The average molecular weight is 443 g/mol. The van der Waals surface area contributed by atoms with Gasteiger partial charge in [0.2, 0.25) is 0 Å². The number of ether oxygens (including phenoxy) is 2. The van der Waals surface area contributed by atoms with E-state index in [0.717, 1.165) is 0 Å². The van der Waals surface area contributed by atoms with Crippen molar-refractivity contribution < 1.29 is 24.2 Å². The van der Waals surface area contributed by atoms with Crippen LogP contribution in [0.25, 0.3) is 5.76 Å². The Kier molecular flexibility index (Phi) is 6.59. The molecule has 0 aliphatic carbocycles. The number of likely N-dealkylation sites (tertiary alicyclic amines) is 1. The predicted molar refractivity (Wildman–Crippen MR) is 120 cm³/mol. The van der Waals surface area contributed by atoms with Crippen molar-refractivity contribution in [1.29, 1.82) is 0 Å². The van der Waals surface area contributed by atoms with E-state index in [0.29, 0.717) is 47.1 Å². The molecule has 32 heavy (non-hydrogen) atoms. The number of likely N-dealkylation sites (N-methyl/N-ethyl adjacent to an activating group) is 1. The Bertz CT molecular complexity index is 1090. The third-order valence-corrected chi connectivity index (χ3v) is 5.80. The van der Waals surface area contributed by atoms with Crippen LogP contribution in [0.3, 0.4) is 0 Å². The third-order valence-electron chi connectivity index (χ3n) is 5.80. The van der Waals surface area contributed by atoms with Crippen LogP contribution < -0.4 is 9.47 Å². The Morgan fingerprint density at radius 3 is 2.34 bits per heavy atom. The van der Waals surface area contributed by atoms with E-state index in [1.807, 2.05) is 25.9 Å². The first-order valence-corrected chi connectivity index (χ1v) is 10.3. The molecule has 0 unspecified atom stereocenters. The van der Waals surface area contributed by atoms with Gasteiger partial charge in [-0.3, -0.25) is 14.3 Å². The fraction of sp³-hybridized carbons (Fsp3) is 0.435. The number of carbonyl (C=O) groups is 2. The molecule has 172 valence electrons. The van der Waals surface area contributed by atoms with Crippen molar-refractivity contribution in [1.82, 2.24) is 19.6 Å². The molecule has 1 saturated heterocycles. The number of aliphatic hydroxyl groups is 1. The summed E-state index contributed by atoms with van der Waals surface area (Å²) in [5.41, 5.74) is 2.42. The van der Waals surface area contributed by atoms with Crippen molar-refractivity contribution in [2.45, 2.75) is 19.9 Å².